The smallest absolute Gasteiger partial charge is 0.255 e. The first-order chi connectivity index (χ1) is 12.4. The molecule has 1 aliphatic rings. The molecule has 3 aromatic rings. The van der Waals surface area contributed by atoms with Crippen LogP contribution in [0.15, 0.2) is 29.1 Å². The van der Waals surface area contributed by atoms with E-state index in [1.54, 1.807) is 29.2 Å². The van der Waals surface area contributed by atoms with Gasteiger partial charge < -0.3 is 10.6 Å². The molecule has 0 radical (unpaired) electrons. The summed E-state index contributed by atoms with van der Waals surface area (Å²) >= 11 is 6.11. The third-order valence-corrected chi connectivity index (χ3v) is 4.74. The number of H-pyrrole nitrogens is 1. The first-order valence-corrected chi connectivity index (χ1v) is 8.54. The lowest BCUT2D eigenvalue weighted by Gasteiger charge is -2.28. The van der Waals surface area contributed by atoms with Crippen molar-refractivity contribution in [1.29, 1.82) is 0 Å². The van der Waals surface area contributed by atoms with Gasteiger partial charge in [-0.1, -0.05) is 11.6 Å². The Hall–Kier alpha value is -2.93. The zero-order valence-corrected chi connectivity index (χ0v) is 14.8. The Morgan fingerprint density at radius 1 is 1.31 bits per heavy atom. The highest BCUT2D eigenvalue weighted by molar-refractivity contribution is 6.31. The predicted octanol–water partition coefficient (Wildman–Crippen LogP) is 2.06. The summed E-state index contributed by atoms with van der Waals surface area (Å²) in [5.41, 5.74) is 8.52. The average Bonchev–Trinajstić information content (AvgIpc) is 2.60. The van der Waals surface area contributed by atoms with E-state index in [-0.39, 0.29) is 24.0 Å². The van der Waals surface area contributed by atoms with Crippen molar-refractivity contribution in [2.45, 2.75) is 19.9 Å². The molecule has 132 valence electrons. The number of aromatic amines is 1. The van der Waals surface area contributed by atoms with Crippen LogP contribution in [-0.4, -0.2) is 32.3 Å². The fourth-order valence-corrected chi connectivity index (χ4v) is 3.48. The molecular formula is C18H16ClN5O2. The number of amides is 1. The third kappa shape index (κ3) is 2.80. The van der Waals surface area contributed by atoms with Gasteiger partial charge in [0, 0.05) is 28.2 Å². The second kappa shape index (κ2) is 6.10. The normalized spacial score (nSPS) is 13.7. The second-order valence-corrected chi connectivity index (χ2v) is 6.76. The minimum atomic E-state index is -0.239. The fraction of sp³-hybridized carbons (Fsp3) is 0.222. The summed E-state index contributed by atoms with van der Waals surface area (Å²) in [6.45, 7) is 2.52. The number of fused-ring (bicyclic) bond motifs is 2. The van der Waals surface area contributed by atoms with Gasteiger partial charge in [-0.15, -0.1) is 0 Å². The van der Waals surface area contributed by atoms with Gasteiger partial charge >= 0.3 is 0 Å². The van der Waals surface area contributed by atoms with Crippen LogP contribution in [0, 0.1) is 6.92 Å². The van der Waals surface area contributed by atoms with Crippen molar-refractivity contribution in [2.75, 3.05) is 12.3 Å². The van der Waals surface area contributed by atoms with Crippen LogP contribution in [-0.2, 0) is 13.0 Å². The van der Waals surface area contributed by atoms with Crippen LogP contribution < -0.4 is 11.3 Å². The number of aromatic nitrogens is 3. The van der Waals surface area contributed by atoms with Gasteiger partial charge in [0.2, 0.25) is 5.95 Å². The lowest BCUT2D eigenvalue weighted by atomic mass is 10.0. The quantitative estimate of drug-likeness (QED) is 0.683. The van der Waals surface area contributed by atoms with Gasteiger partial charge in [0.1, 0.15) is 0 Å². The van der Waals surface area contributed by atoms with Gasteiger partial charge in [-0.05, 0) is 37.6 Å². The van der Waals surface area contributed by atoms with Crippen LogP contribution in [0.1, 0.15) is 27.3 Å². The molecule has 0 unspecified atom stereocenters. The number of hydrogen-bond acceptors (Lipinski definition) is 5. The molecule has 4 rings (SSSR count). The number of hydrogen-bond donors (Lipinski definition) is 2. The van der Waals surface area contributed by atoms with E-state index in [0.29, 0.717) is 45.7 Å². The molecule has 1 amide bonds. The molecule has 0 spiro atoms. The molecule has 2 aromatic heterocycles. The molecular weight excluding hydrogens is 354 g/mol. The number of nitrogens with one attached hydrogen (secondary N) is 1. The summed E-state index contributed by atoms with van der Waals surface area (Å²) in [5, 5.41) is 1.25. The van der Waals surface area contributed by atoms with Crippen LogP contribution in [0.4, 0.5) is 5.95 Å². The number of carbonyl (C=O) groups excluding carboxylic acids is 1. The number of nitrogens with zero attached hydrogens (tertiary/aromatic N) is 3. The number of nitrogen functional groups attached to an aromatic ring is 1. The van der Waals surface area contributed by atoms with E-state index in [0.717, 1.165) is 5.69 Å². The summed E-state index contributed by atoms with van der Waals surface area (Å²) in [6.07, 6.45) is 0.437. The number of aryl methyl sites for hydroxylation is 1. The summed E-state index contributed by atoms with van der Waals surface area (Å²) in [5.74, 6) is -0.0888. The minimum absolute atomic E-state index is 0.0556. The maximum atomic E-state index is 13.2. The molecule has 1 aliphatic heterocycles. The number of benzene rings is 1. The van der Waals surface area contributed by atoms with Crippen LogP contribution >= 0.6 is 11.6 Å². The van der Waals surface area contributed by atoms with Gasteiger partial charge in [-0.2, -0.15) is 0 Å². The minimum Gasteiger partial charge on any atom is -0.369 e. The van der Waals surface area contributed by atoms with Crippen LogP contribution in [0.5, 0.6) is 0 Å². The van der Waals surface area contributed by atoms with Crippen molar-refractivity contribution in [3.8, 4) is 0 Å². The van der Waals surface area contributed by atoms with E-state index >= 15 is 0 Å². The Labute approximate surface area is 153 Å². The third-order valence-electron chi connectivity index (χ3n) is 4.51. The first-order valence-electron chi connectivity index (χ1n) is 8.16. The Bertz CT molecular complexity index is 1110. The maximum Gasteiger partial charge on any atom is 0.255 e. The molecule has 1 aromatic carbocycles. The fourth-order valence-electron chi connectivity index (χ4n) is 3.31. The molecule has 7 nitrogen and oxygen atoms in total. The Morgan fingerprint density at radius 2 is 2.12 bits per heavy atom. The molecule has 0 saturated heterocycles. The van der Waals surface area contributed by atoms with Crippen molar-refractivity contribution in [2.24, 2.45) is 0 Å². The SMILES string of the molecule is Cc1cc(C(=O)N2CCc3c(nc(N)[nH]c3=O)C2)c2cc(Cl)ccc2n1. The van der Waals surface area contributed by atoms with Crippen LogP contribution in [0.25, 0.3) is 10.9 Å². The monoisotopic (exact) mass is 369 g/mol. The molecule has 0 fully saturated rings. The van der Waals surface area contributed by atoms with Gasteiger partial charge in [0.15, 0.2) is 0 Å². The van der Waals surface area contributed by atoms with Crippen LogP contribution in [0.3, 0.4) is 0 Å². The topological polar surface area (TPSA) is 105 Å². The zero-order chi connectivity index (χ0) is 18.4. The number of rotatable bonds is 1. The number of halogens is 1. The molecule has 0 saturated carbocycles. The summed E-state index contributed by atoms with van der Waals surface area (Å²) in [6, 6.07) is 7.06. The number of carbonyl (C=O) groups is 1. The van der Waals surface area contributed by atoms with E-state index in [1.165, 1.54) is 0 Å². The van der Waals surface area contributed by atoms with Gasteiger partial charge in [0.25, 0.3) is 11.5 Å². The standard InChI is InChI=1S/C18H16ClN5O2/c1-9-6-13(12-7-10(19)2-3-14(12)21-9)17(26)24-5-4-11-15(8-24)22-18(20)23-16(11)25/h2-3,6-7H,4-5,8H2,1H3,(H3,20,22,23,25). The van der Waals surface area contributed by atoms with E-state index in [9.17, 15) is 9.59 Å². The lowest BCUT2D eigenvalue weighted by molar-refractivity contribution is 0.0733. The van der Waals surface area contributed by atoms with Crippen molar-refractivity contribution >= 4 is 34.4 Å². The van der Waals surface area contributed by atoms with Gasteiger partial charge in [0.05, 0.1) is 23.3 Å². The molecule has 3 heterocycles. The molecule has 0 bridgehead atoms. The molecule has 8 heteroatoms. The zero-order valence-electron chi connectivity index (χ0n) is 14.0. The lowest BCUT2D eigenvalue weighted by Crippen LogP contribution is -2.39. The van der Waals surface area contributed by atoms with Crippen LogP contribution in [0.2, 0.25) is 5.02 Å². The highest BCUT2D eigenvalue weighted by Gasteiger charge is 2.26. The van der Waals surface area contributed by atoms with Crippen molar-refractivity contribution in [1.82, 2.24) is 19.9 Å². The molecule has 0 atom stereocenters. The van der Waals surface area contributed by atoms with Gasteiger partial charge in [-0.25, -0.2) is 4.98 Å². The highest BCUT2D eigenvalue weighted by Crippen LogP contribution is 2.25. The van der Waals surface area contributed by atoms with Crippen molar-refractivity contribution in [3.05, 3.63) is 62.2 Å². The van der Waals surface area contributed by atoms with Crippen molar-refractivity contribution < 1.29 is 4.79 Å². The summed E-state index contributed by atoms with van der Waals surface area (Å²) in [4.78, 5) is 38.0. The number of anilines is 1. The first kappa shape index (κ1) is 16.5. The van der Waals surface area contributed by atoms with E-state index in [2.05, 4.69) is 15.0 Å². The average molecular weight is 370 g/mol. The number of nitrogens with two attached hydrogens (primary N) is 1. The maximum absolute atomic E-state index is 13.2. The Kier molecular flexibility index (Phi) is 3.88. The van der Waals surface area contributed by atoms with E-state index in [4.69, 9.17) is 17.3 Å². The second-order valence-electron chi connectivity index (χ2n) is 6.33. The molecule has 0 aliphatic carbocycles. The van der Waals surface area contributed by atoms with E-state index < -0.39 is 0 Å². The Morgan fingerprint density at radius 3 is 2.92 bits per heavy atom. The largest absolute Gasteiger partial charge is 0.369 e. The molecule has 3 N–H and O–H groups in total. The highest BCUT2D eigenvalue weighted by atomic mass is 35.5. The summed E-state index contributed by atoms with van der Waals surface area (Å²) in [7, 11) is 0. The van der Waals surface area contributed by atoms with Gasteiger partial charge in [-0.3, -0.25) is 19.6 Å². The van der Waals surface area contributed by atoms with Crippen molar-refractivity contribution in [3.63, 3.8) is 0 Å². The molecule has 26 heavy (non-hydrogen) atoms. The van der Waals surface area contributed by atoms with E-state index in [1.807, 2.05) is 6.92 Å². The summed E-state index contributed by atoms with van der Waals surface area (Å²) < 4.78 is 0. The Balaban J connectivity index is 1.76. The number of pyridine rings is 1. The predicted molar refractivity (Wildman–Crippen MR) is 99.2 cm³/mol.